The van der Waals surface area contributed by atoms with Gasteiger partial charge in [0.05, 0.1) is 0 Å². The lowest BCUT2D eigenvalue weighted by Crippen LogP contribution is -2.35. The maximum absolute atomic E-state index is 2.42. The second-order valence-corrected chi connectivity index (χ2v) is 9.38. The number of benzene rings is 2. The van der Waals surface area contributed by atoms with Gasteiger partial charge in [0.1, 0.15) is 0 Å². The fraction of sp³-hybridized carbons (Fsp3) is 0.583. The summed E-state index contributed by atoms with van der Waals surface area (Å²) >= 11 is 0. The summed E-state index contributed by atoms with van der Waals surface area (Å²) in [6.45, 7) is 28.1. The third-order valence-corrected chi connectivity index (χ3v) is 7.31. The zero-order valence-corrected chi connectivity index (χ0v) is 18.0. The van der Waals surface area contributed by atoms with Gasteiger partial charge in [-0.2, -0.15) is 0 Å². The standard InChI is InChI=1S/C24H36/c1-13-14(2)18(6)21-20(16(13)4)17(5)15(3)19(7)22(21)24(11,12)23(8,9)10/h1-12H3. The molecule has 0 amide bonds. The van der Waals surface area contributed by atoms with E-state index in [1.54, 1.807) is 5.56 Å². The van der Waals surface area contributed by atoms with Crippen LogP contribution in [0.5, 0.6) is 0 Å². The summed E-state index contributed by atoms with van der Waals surface area (Å²) in [7, 11) is 0. The highest BCUT2D eigenvalue weighted by atomic mass is 14.4. The molecule has 0 fully saturated rings. The third-order valence-electron chi connectivity index (χ3n) is 7.31. The molecule has 0 bridgehead atoms. The summed E-state index contributed by atoms with van der Waals surface area (Å²) in [4.78, 5) is 0. The third kappa shape index (κ3) is 2.41. The second kappa shape index (κ2) is 5.61. The van der Waals surface area contributed by atoms with Crippen LogP contribution in [-0.2, 0) is 5.41 Å². The predicted octanol–water partition coefficient (Wildman–Crippen LogP) is 7.32. The van der Waals surface area contributed by atoms with Gasteiger partial charge in [-0.05, 0) is 115 Å². The summed E-state index contributed by atoms with van der Waals surface area (Å²) in [6, 6.07) is 0. The van der Waals surface area contributed by atoms with Gasteiger partial charge in [-0.3, -0.25) is 0 Å². The molecule has 0 nitrogen and oxygen atoms in total. The number of rotatable bonds is 1. The van der Waals surface area contributed by atoms with Crippen molar-refractivity contribution in [1.82, 2.24) is 0 Å². The summed E-state index contributed by atoms with van der Waals surface area (Å²) < 4.78 is 0. The molecule has 0 aromatic heterocycles. The van der Waals surface area contributed by atoms with Crippen LogP contribution in [0.2, 0.25) is 0 Å². The van der Waals surface area contributed by atoms with Crippen molar-refractivity contribution in [2.75, 3.05) is 0 Å². The quantitative estimate of drug-likeness (QED) is 0.515. The molecule has 132 valence electrons. The van der Waals surface area contributed by atoms with Crippen LogP contribution in [0.1, 0.15) is 79.1 Å². The van der Waals surface area contributed by atoms with E-state index < -0.39 is 0 Å². The van der Waals surface area contributed by atoms with Crippen LogP contribution in [0.15, 0.2) is 0 Å². The number of aryl methyl sites for hydroxylation is 3. The minimum Gasteiger partial charge on any atom is -0.0593 e. The normalized spacial score (nSPS) is 13.0. The molecule has 0 saturated carbocycles. The highest BCUT2D eigenvalue weighted by molar-refractivity contribution is 5.98. The molecule has 0 saturated heterocycles. The Morgan fingerprint density at radius 1 is 0.417 bits per heavy atom. The van der Waals surface area contributed by atoms with Gasteiger partial charge in [-0.25, -0.2) is 0 Å². The molecule has 2 aromatic rings. The van der Waals surface area contributed by atoms with Crippen molar-refractivity contribution < 1.29 is 0 Å². The zero-order chi connectivity index (χ0) is 18.8. The van der Waals surface area contributed by atoms with Gasteiger partial charge >= 0.3 is 0 Å². The monoisotopic (exact) mass is 324 g/mol. The summed E-state index contributed by atoms with van der Waals surface area (Å²) in [5, 5.41) is 3.00. The molecule has 0 heterocycles. The lowest BCUT2D eigenvalue weighted by molar-refractivity contribution is 0.226. The van der Waals surface area contributed by atoms with Crippen LogP contribution in [0.3, 0.4) is 0 Å². The van der Waals surface area contributed by atoms with Crippen molar-refractivity contribution in [3.63, 3.8) is 0 Å². The smallest absolute Gasteiger partial charge is 0.00461 e. The van der Waals surface area contributed by atoms with Crippen LogP contribution in [0.4, 0.5) is 0 Å². The van der Waals surface area contributed by atoms with E-state index in [1.165, 1.54) is 49.7 Å². The topological polar surface area (TPSA) is 0 Å². The van der Waals surface area contributed by atoms with Crippen molar-refractivity contribution in [3.05, 3.63) is 44.5 Å². The molecule has 2 aromatic carbocycles. The molecule has 0 heteroatoms. The van der Waals surface area contributed by atoms with Gasteiger partial charge in [0.15, 0.2) is 0 Å². The van der Waals surface area contributed by atoms with Crippen LogP contribution >= 0.6 is 0 Å². The fourth-order valence-corrected chi connectivity index (χ4v) is 4.09. The first-order chi connectivity index (χ1) is 10.7. The molecule has 0 atom stereocenters. The Morgan fingerprint density at radius 3 is 1.12 bits per heavy atom. The van der Waals surface area contributed by atoms with Crippen molar-refractivity contribution in [3.8, 4) is 0 Å². The Bertz CT molecular complexity index is 816. The van der Waals surface area contributed by atoms with Crippen LogP contribution < -0.4 is 0 Å². The lowest BCUT2D eigenvalue weighted by Gasteiger charge is -2.42. The molecule has 0 spiro atoms. The predicted molar refractivity (Wildman–Crippen MR) is 110 cm³/mol. The Labute approximate surface area is 149 Å². The molecule has 0 unspecified atom stereocenters. The average molecular weight is 325 g/mol. The molecule has 0 aliphatic rings. The van der Waals surface area contributed by atoms with E-state index in [4.69, 9.17) is 0 Å². The lowest BCUT2D eigenvalue weighted by atomic mass is 9.62. The zero-order valence-electron chi connectivity index (χ0n) is 18.0. The van der Waals surface area contributed by atoms with E-state index in [2.05, 4.69) is 83.1 Å². The Hall–Kier alpha value is -1.30. The van der Waals surface area contributed by atoms with Gasteiger partial charge in [-0.15, -0.1) is 0 Å². The Kier molecular flexibility index (Phi) is 4.45. The molecule has 2 rings (SSSR count). The largest absolute Gasteiger partial charge is 0.0593 e. The SMILES string of the molecule is Cc1c(C)c(C)c2c(C(C)(C)C(C)(C)C)c(C)c(C)c(C)c2c1C. The molecular weight excluding hydrogens is 288 g/mol. The van der Waals surface area contributed by atoms with Crippen molar-refractivity contribution in [2.45, 2.75) is 88.5 Å². The summed E-state index contributed by atoms with van der Waals surface area (Å²) in [6.07, 6.45) is 0. The summed E-state index contributed by atoms with van der Waals surface area (Å²) in [5.41, 5.74) is 12.1. The minimum atomic E-state index is 0.104. The first-order valence-corrected chi connectivity index (χ1v) is 9.25. The summed E-state index contributed by atoms with van der Waals surface area (Å²) in [5.74, 6) is 0. The molecule has 0 aliphatic carbocycles. The van der Waals surface area contributed by atoms with E-state index in [0.717, 1.165) is 0 Å². The van der Waals surface area contributed by atoms with E-state index in [-0.39, 0.29) is 10.8 Å². The maximum atomic E-state index is 2.42. The molecular formula is C24H36. The molecule has 0 aliphatic heterocycles. The van der Waals surface area contributed by atoms with Crippen LogP contribution in [0.25, 0.3) is 10.8 Å². The van der Waals surface area contributed by atoms with Gasteiger partial charge in [-0.1, -0.05) is 34.6 Å². The van der Waals surface area contributed by atoms with Gasteiger partial charge < -0.3 is 0 Å². The van der Waals surface area contributed by atoms with Gasteiger partial charge in [0.25, 0.3) is 0 Å². The van der Waals surface area contributed by atoms with Gasteiger partial charge in [0, 0.05) is 0 Å². The Balaban J connectivity index is 3.24. The Morgan fingerprint density at radius 2 is 0.750 bits per heavy atom. The van der Waals surface area contributed by atoms with Crippen molar-refractivity contribution in [1.29, 1.82) is 0 Å². The van der Waals surface area contributed by atoms with Crippen LogP contribution in [0, 0.1) is 53.9 Å². The van der Waals surface area contributed by atoms with E-state index in [1.807, 2.05) is 0 Å². The maximum Gasteiger partial charge on any atom is -0.00461 e. The first kappa shape index (κ1) is 19.0. The van der Waals surface area contributed by atoms with Gasteiger partial charge in [0.2, 0.25) is 0 Å². The number of hydrogen-bond acceptors (Lipinski definition) is 0. The molecule has 24 heavy (non-hydrogen) atoms. The van der Waals surface area contributed by atoms with E-state index in [9.17, 15) is 0 Å². The molecule has 0 N–H and O–H groups in total. The minimum absolute atomic E-state index is 0.104. The highest BCUT2D eigenvalue weighted by Gasteiger charge is 2.38. The second-order valence-electron chi connectivity index (χ2n) is 9.38. The average Bonchev–Trinajstić information content (AvgIpc) is 2.46. The van der Waals surface area contributed by atoms with Crippen molar-refractivity contribution >= 4 is 10.8 Å². The van der Waals surface area contributed by atoms with Crippen LogP contribution in [-0.4, -0.2) is 0 Å². The van der Waals surface area contributed by atoms with E-state index >= 15 is 0 Å². The fourth-order valence-electron chi connectivity index (χ4n) is 4.09. The number of fused-ring (bicyclic) bond motifs is 1. The first-order valence-electron chi connectivity index (χ1n) is 9.25. The number of hydrogen-bond donors (Lipinski definition) is 0. The van der Waals surface area contributed by atoms with E-state index in [0.29, 0.717) is 0 Å². The molecule has 0 radical (unpaired) electrons. The highest BCUT2D eigenvalue weighted by Crippen LogP contribution is 2.48. The van der Waals surface area contributed by atoms with Crippen molar-refractivity contribution in [2.24, 2.45) is 5.41 Å².